The molecule has 1 atom stereocenters. The third-order valence-corrected chi connectivity index (χ3v) is 2.61. The molecule has 1 rings (SSSR count). The van der Waals surface area contributed by atoms with Crippen molar-refractivity contribution in [2.75, 3.05) is 20.3 Å². The number of likely N-dealkylation sites (N-methyl/N-ethyl adjacent to an activating group) is 1. The Labute approximate surface area is 108 Å². The van der Waals surface area contributed by atoms with Crippen molar-refractivity contribution in [3.63, 3.8) is 0 Å². The Bertz CT molecular complexity index is 369. The molecule has 18 heavy (non-hydrogen) atoms. The van der Waals surface area contributed by atoms with E-state index in [0.29, 0.717) is 12.4 Å². The summed E-state index contributed by atoms with van der Waals surface area (Å²) in [6.45, 7) is 7.24. The first kappa shape index (κ1) is 14.9. The Kier molecular flexibility index (Phi) is 6.09. The smallest absolute Gasteiger partial charge is 0.123 e. The van der Waals surface area contributed by atoms with Crippen LogP contribution in [0.15, 0.2) is 18.2 Å². The fourth-order valence-electron chi connectivity index (χ4n) is 1.77. The van der Waals surface area contributed by atoms with Crippen LogP contribution in [0.2, 0.25) is 0 Å². The summed E-state index contributed by atoms with van der Waals surface area (Å²) in [4.78, 5) is 0. The van der Waals surface area contributed by atoms with Gasteiger partial charge in [0, 0.05) is 5.56 Å². The molecule has 0 heterocycles. The zero-order valence-corrected chi connectivity index (χ0v) is 11.5. The monoisotopic (exact) mass is 255 g/mol. The van der Waals surface area contributed by atoms with E-state index in [1.807, 2.05) is 20.8 Å². The number of halogens is 1. The van der Waals surface area contributed by atoms with Crippen molar-refractivity contribution in [1.29, 1.82) is 0 Å². The second-order valence-electron chi connectivity index (χ2n) is 4.38. The highest BCUT2D eigenvalue weighted by Crippen LogP contribution is 2.26. The summed E-state index contributed by atoms with van der Waals surface area (Å²) in [7, 11) is 1.59. The topological polar surface area (TPSA) is 30.5 Å². The van der Waals surface area contributed by atoms with Crippen LogP contribution in [0.3, 0.4) is 0 Å². The van der Waals surface area contributed by atoms with E-state index in [4.69, 9.17) is 9.47 Å². The lowest BCUT2D eigenvalue weighted by atomic mass is 10.1. The van der Waals surface area contributed by atoms with Gasteiger partial charge in [0.1, 0.15) is 11.6 Å². The summed E-state index contributed by atoms with van der Waals surface area (Å²) in [5, 5.41) is 3.28. The molecule has 0 amide bonds. The van der Waals surface area contributed by atoms with E-state index in [-0.39, 0.29) is 18.0 Å². The van der Waals surface area contributed by atoms with Crippen LogP contribution < -0.4 is 10.1 Å². The molecule has 102 valence electrons. The van der Waals surface area contributed by atoms with E-state index in [1.54, 1.807) is 13.2 Å². The SMILES string of the molecule is CCNC(COC(C)C)c1cc(F)ccc1OC. The first-order valence-corrected chi connectivity index (χ1v) is 6.26. The largest absolute Gasteiger partial charge is 0.496 e. The Morgan fingerprint density at radius 1 is 1.33 bits per heavy atom. The maximum Gasteiger partial charge on any atom is 0.123 e. The van der Waals surface area contributed by atoms with Gasteiger partial charge in [-0.15, -0.1) is 0 Å². The number of ether oxygens (including phenoxy) is 2. The van der Waals surface area contributed by atoms with E-state index in [9.17, 15) is 4.39 Å². The molecule has 0 saturated carbocycles. The Morgan fingerprint density at radius 2 is 2.06 bits per heavy atom. The van der Waals surface area contributed by atoms with Gasteiger partial charge in [-0.05, 0) is 38.6 Å². The lowest BCUT2D eigenvalue weighted by molar-refractivity contribution is 0.0609. The molecule has 0 aliphatic heterocycles. The fourth-order valence-corrected chi connectivity index (χ4v) is 1.77. The number of rotatable bonds is 7. The van der Waals surface area contributed by atoms with Gasteiger partial charge in [-0.2, -0.15) is 0 Å². The minimum atomic E-state index is -0.266. The summed E-state index contributed by atoms with van der Waals surface area (Å²) in [6, 6.07) is 4.47. The van der Waals surface area contributed by atoms with Gasteiger partial charge in [0.25, 0.3) is 0 Å². The third kappa shape index (κ3) is 4.27. The van der Waals surface area contributed by atoms with Crippen LogP contribution >= 0.6 is 0 Å². The highest BCUT2D eigenvalue weighted by Gasteiger charge is 2.17. The first-order chi connectivity index (χ1) is 8.58. The minimum absolute atomic E-state index is 0.0666. The predicted octanol–water partition coefficient (Wildman–Crippen LogP) is 2.91. The summed E-state index contributed by atoms with van der Waals surface area (Å²) in [6.07, 6.45) is 0.144. The van der Waals surface area contributed by atoms with Crippen molar-refractivity contribution in [3.8, 4) is 5.75 Å². The fraction of sp³-hybridized carbons (Fsp3) is 0.571. The summed E-state index contributed by atoms with van der Waals surface area (Å²) < 4.78 is 24.2. The molecule has 0 aliphatic carbocycles. The molecule has 4 heteroatoms. The second-order valence-corrected chi connectivity index (χ2v) is 4.38. The lowest BCUT2D eigenvalue weighted by Gasteiger charge is -2.22. The van der Waals surface area contributed by atoms with E-state index >= 15 is 0 Å². The molecule has 0 spiro atoms. The minimum Gasteiger partial charge on any atom is -0.496 e. The zero-order valence-electron chi connectivity index (χ0n) is 11.5. The highest BCUT2D eigenvalue weighted by atomic mass is 19.1. The van der Waals surface area contributed by atoms with Crippen LogP contribution in [0.25, 0.3) is 0 Å². The normalized spacial score (nSPS) is 12.8. The van der Waals surface area contributed by atoms with Crippen molar-refractivity contribution in [1.82, 2.24) is 5.32 Å². The van der Waals surface area contributed by atoms with Crippen molar-refractivity contribution < 1.29 is 13.9 Å². The van der Waals surface area contributed by atoms with Gasteiger partial charge in [-0.25, -0.2) is 4.39 Å². The van der Waals surface area contributed by atoms with Crippen LogP contribution in [0.4, 0.5) is 4.39 Å². The van der Waals surface area contributed by atoms with Gasteiger partial charge in [0.15, 0.2) is 0 Å². The second kappa shape index (κ2) is 7.34. The van der Waals surface area contributed by atoms with E-state index in [2.05, 4.69) is 5.32 Å². The molecule has 0 aliphatic rings. The van der Waals surface area contributed by atoms with Crippen molar-refractivity contribution in [2.24, 2.45) is 0 Å². The molecule has 1 N–H and O–H groups in total. The zero-order chi connectivity index (χ0) is 13.5. The standard InChI is InChI=1S/C14H22FNO2/c1-5-16-13(9-18-10(2)3)12-8-11(15)6-7-14(12)17-4/h6-8,10,13,16H,5,9H2,1-4H3. The first-order valence-electron chi connectivity index (χ1n) is 6.26. The molecule has 1 aromatic carbocycles. The maximum absolute atomic E-state index is 13.4. The van der Waals surface area contributed by atoms with Crippen molar-refractivity contribution >= 4 is 0 Å². The van der Waals surface area contributed by atoms with E-state index in [0.717, 1.165) is 12.1 Å². The van der Waals surface area contributed by atoms with Gasteiger partial charge in [-0.1, -0.05) is 6.92 Å². The average molecular weight is 255 g/mol. The van der Waals surface area contributed by atoms with Crippen LogP contribution in [0.5, 0.6) is 5.75 Å². The molecule has 0 fully saturated rings. The molecule has 0 saturated heterocycles. The molecule has 0 radical (unpaired) electrons. The number of hydrogen-bond acceptors (Lipinski definition) is 3. The summed E-state index contributed by atoms with van der Waals surface area (Å²) in [5.74, 6) is 0.410. The highest BCUT2D eigenvalue weighted by molar-refractivity contribution is 5.36. The van der Waals surface area contributed by atoms with Crippen LogP contribution in [0.1, 0.15) is 32.4 Å². The van der Waals surface area contributed by atoms with Gasteiger partial charge in [-0.3, -0.25) is 0 Å². The molecule has 0 bridgehead atoms. The van der Waals surface area contributed by atoms with Crippen molar-refractivity contribution in [3.05, 3.63) is 29.6 Å². The quantitative estimate of drug-likeness (QED) is 0.812. The van der Waals surface area contributed by atoms with Crippen LogP contribution in [-0.4, -0.2) is 26.4 Å². The molecule has 0 aromatic heterocycles. The number of methoxy groups -OCH3 is 1. The molecule has 3 nitrogen and oxygen atoms in total. The average Bonchev–Trinajstić information content (AvgIpc) is 2.34. The number of hydrogen-bond donors (Lipinski definition) is 1. The predicted molar refractivity (Wildman–Crippen MR) is 70.5 cm³/mol. The Balaban J connectivity index is 2.92. The third-order valence-electron chi connectivity index (χ3n) is 2.61. The van der Waals surface area contributed by atoms with Gasteiger partial charge in [0.05, 0.1) is 25.9 Å². The number of nitrogens with one attached hydrogen (secondary N) is 1. The molecule has 1 unspecified atom stereocenters. The van der Waals surface area contributed by atoms with E-state index < -0.39 is 0 Å². The van der Waals surface area contributed by atoms with Crippen molar-refractivity contribution in [2.45, 2.75) is 32.9 Å². The van der Waals surface area contributed by atoms with Gasteiger partial charge < -0.3 is 14.8 Å². The van der Waals surface area contributed by atoms with Crippen LogP contribution in [0, 0.1) is 5.82 Å². The van der Waals surface area contributed by atoms with Gasteiger partial charge >= 0.3 is 0 Å². The summed E-state index contributed by atoms with van der Waals surface area (Å²) >= 11 is 0. The van der Waals surface area contributed by atoms with Gasteiger partial charge in [0.2, 0.25) is 0 Å². The maximum atomic E-state index is 13.4. The van der Waals surface area contributed by atoms with E-state index in [1.165, 1.54) is 12.1 Å². The number of benzene rings is 1. The summed E-state index contributed by atoms with van der Waals surface area (Å²) in [5.41, 5.74) is 0.792. The molecule has 1 aromatic rings. The molecular weight excluding hydrogens is 233 g/mol. The Morgan fingerprint density at radius 3 is 2.61 bits per heavy atom. The lowest BCUT2D eigenvalue weighted by Crippen LogP contribution is -2.27. The van der Waals surface area contributed by atoms with Crippen LogP contribution in [-0.2, 0) is 4.74 Å². The molecular formula is C14H22FNO2. The Hall–Kier alpha value is -1.13.